The number of hydrogen-bond donors (Lipinski definition) is 0. The van der Waals surface area contributed by atoms with Crippen LogP contribution in [0.15, 0.2) is 102 Å². The van der Waals surface area contributed by atoms with E-state index >= 15 is 0 Å². The first-order valence-electron chi connectivity index (χ1n) is 14.5. The van der Waals surface area contributed by atoms with Gasteiger partial charge >= 0.3 is 5.97 Å². The van der Waals surface area contributed by atoms with Gasteiger partial charge in [0.2, 0.25) is 0 Å². The van der Waals surface area contributed by atoms with Gasteiger partial charge in [-0.2, -0.15) is 0 Å². The van der Waals surface area contributed by atoms with Crippen molar-refractivity contribution in [2.45, 2.75) is 67.7 Å². The van der Waals surface area contributed by atoms with Gasteiger partial charge in [0.1, 0.15) is 29.2 Å². The zero-order valence-corrected chi connectivity index (χ0v) is 24.9. The van der Waals surface area contributed by atoms with Gasteiger partial charge in [0, 0.05) is 16.9 Å². The number of fused-ring (bicyclic) bond motifs is 2. The summed E-state index contributed by atoms with van der Waals surface area (Å²) in [5.74, 6) is 0.0556. The zero-order valence-electron chi connectivity index (χ0n) is 24.1. The van der Waals surface area contributed by atoms with E-state index in [1.807, 2.05) is 104 Å². The summed E-state index contributed by atoms with van der Waals surface area (Å²) in [4.78, 5) is 25.7. The topological polar surface area (TPSA) is 80.3 Å². The van der Waals surface area contributed by atoms with Gasteiger partial charge in [-0.3, -0.25) is 4.79 Å². The second-order valence-electron chi connectivity index (χ2n) is 10.9. The summed E-state index contributed by atoms with van der Waals surface area (Å²) in [5.41, 5.74) is 1.40. The number of benzene rings is 4. The van der Waals surface area contributed by atoms with E-state index in [2.05, 4.69) is 0 Å². The Kier molecular flexibility index (Phi) is 9.09. The standard InChI is InChI=1S/C35H34O7S/c1-22-12-17-28(18-13-22)43-35-33(41-30(37)19-14-23(2)36)32(39-27-16-15-24-8-6-7-11-26(24)20-27)31-29(40-35)21-38-34(42-31)25-9-4-3-5-10-25/h3-13,15-18,20,29,31-35H,14,19,21H2,1-2H3/t29-,31-,32+,33-,34?,35+/m1/s1. The van der Waals surface area contributed by atoms with Crippen molar-refractivity contribution in [3.8, 4) is 5.75 Å². The molecule has 0 aliphatic carbocycles. The third-order valence-electron chi connectivity index (χ3n) is 7.57. The van der Waals surface area contributed by atoms with Crippen LogP contribution in [0.4, 0.5) is 0 Å². The molecule has 43 heavy (non-hydrogen) atoms. The molecule has 2 saturated heterocycles. The van der Waals surface area contributed by atoms with Crippen molar-refractivity contribution >= 4 is 34.3 Å². The molecule has 0 bridgehead atoms. The summed E-state index contributed by atoms with van der Waals surface area (Å²) in [6, 6.07) is 31.7. The summed E-state index contributed by atoms with van der Waals surface area (Å²) >= 11 is 1.46. The molecule has 8 heteroatoms. The molecule has 4 aromatic rings. The first-order chi connectivity index (χ1) is 20.9. The van der Waals surface area contributed by atoms with E-state index in [9.17, 15) is 9.59 Å². The molecular formula is C35H34O7S. The van der Waals surface area contributed by atoms with Gasteiger partial charge in [0.15, 0.2) is 18.5 Å². The Balaban J connectivity index is 1.36. The normalized spacial score (nSPS) is 25.1. The third kappa shape index (κ3) is 7.11. The van der Waals surface area contributed by atoms with Crippen molar-refractivity contribution in [2.75, 3.05) is 6.61 Å². The molecule has 4 aromatic carbocycles. The Morgan fingerprint density at radius 1 is 0.837 bits per heavy atom. The maximum atomic E-state index is 13.1. The monoisotopic (exact) mass is 598 g/mol. The number of carbonyl (C=O) groups is 2. The van der Waals surface area contributed by atoms with E-state index in [4.69, 9.17) is 23.7 Å². The smallest absolute Gasteiger partial charge is 0.306 e. The van der Waals surface area contributed by atoms with Crippen LogP contribution in [0.5, 0.6) is 5.75 Å². The van der Waals surface area contributed by atoms with Gasteiger partial charge in [-0.25, -0.2) is 0 Å². The predicted octanol–water partition coefficient (Wildman–Crippen LogP) is 6.81. The van der Waals surface area contributed by atoms with Gasteiger partial charge in [-0.15, -0.1) is 0 Å². The molecule has 0 saturated carbocycles. The molecule has 2 aliphatic heterocycles. The molecule has 2 fully saturated rings. The van der Waals surface area contributed by atoms with Crippen LogP contribution in [0.2, 0.25) is 0 Å². The molecule has 0 N–H and O–H groups in total. The maximum Gasteiger partial charge on any atom is 0.306 e. The van der Waals surface area contributed by atoms with Crippen molar-refractivity contribution < 1.29 is 33.3 Å². The lowest BCUT2D eigenvalue weighted by molar-refractivity contribution is -0.315. The summed E-state index contributed by atoms with van der Waals surface area (Å²) in [7, 11) is 0. The van der Waals surface area contributed by atoms with Crippen molar-refractivity contribution in [3.05, 3.63) is 108 Å². The van der Waals surface area contributed by atoms with Crippen LogP contribution >= 0.6 is 11.8 Å². The molecule has 0 spiro atoms. The van der Waals surface area contributed by atoms with Crippen LogP contribution in [-0.4, -0.2) is 48.2 Å². The Labute approximate surface area is 255 Å². The maximum absolute atomic E-state index is 13.1. The number of ether oxygens (including phenoxy) is 5. The van der Waals surface area contributed by atoms with E-state index in [0.29, 0.717) is 5.75 Å². The van der Waals surface area contributed by atoms with Crippen LogP contribution < -0.4 is 4.74 Å². The molecule has 6 atom stereocenters. The van der Waals surface area contributed by atoms with Crippen LogP contribution in [0.1, 0.15) is 37.2 Å². The van der Waals surface area contributed by atoms with Crippen LogP contribution in [0, 0.1) is 6.92 Å². The van der Waals surface area contributed by atoms with E-state index < -0.39 is 42.1 Å². The van der Waals surface area contributed by atoms with Crippen molar-refractivity contribution in [3.63, 3.8) is 0 Å². The highest BCUT2D eigenvalue weighted by molar-refractivity contribution is 7.99. The Morgan fingerprint density at radius 2 is 1.58 bits per heavy atom. The van der Waals surface area contributed by atoms with Crippen LogP contribution in [0.25, 0.3) is 10.8 Å². The predicted molar refractivity (Wildman–Crippen MR) is 164 cm³/mol. The highest BCUT2D eigenvalue weighted by Crippen LogP contribution is 2.42. The van der Waals surface area contributed by atoms with Gasteiger partial charge < -0.3 is 28.5 Å². The number of ketones is 1. The van der Waals surface area contributed by atoms with Crippen molar-refractivity contribution in [1.29, 1.82) is 0 Å². The molecule has 0 aromatic heterocycles. The molecule has 0 amide bonds. The lowest BCUT2D eigenvalue weighted by atomic mass is 9.98. The van der Waals surface area contributed by atoms with Crippen molar-refractivity contribution in [1.82, 2.24) is 0 Å². The molecule has 2 heterocycles. The van der Waals surface area contributed by atoms with Gasteiger partial charge in [0.25, 0.3) is 0 Å². The second-order valence-corrected chi connectivity index (χ2v) is 12.1. The van der Waals surface area contributed by atoms with E-state index in [1.54, 1.807) is 0 Å². The van der Waals surface area contributed by atoms with E-state index in [1.165, 1.54) is 18.7 Å². The van der Waals surface area contributed by atoms with Crippen LogP contribution in [0.3, 0.4) is 0 Å². The minimum atomic E-state index is -0.840. The Hall–Kier alpha value is -3.69. The fourth-order valence-electron chi connectivity index (χ4n) is 5.32. The molecule has 6 rings (SSSR count). The van der Waals surface area contributed by atoms with E-state index in [0.717, 1.165) is 26.8 Å². The number of rotatable bonds is 9. The third-order valence-corrected chi connectivity index (χ3v) is 8.73. The van der Waals surface area contributed by atoms with Gasteiger partial charge in [0.05, 0.1) is 13.0 Å². The highest BCUT2D eigenvalue weighted by atomic mass is 32.2. The molecule has 222 valence electrons. The number of carbonyl (C=O) groups excluding carboxylic acids is 2. The lowest BCUT2D eigenvalue weighted by Gasteiger charge is -2.48. The minimum Gasteiger partial charge on any atom is -0.484 e. The summed E-state index contributed by atoms with van der Waals surface area (Å²) in [6.45, 7) is 3.77. The minimum absolute atomic E-state index is 0.0266. The fraction of sp³-hybridized carbons (Fsp3) is 0.314. The van der Waals surface area contributed by atoms with E-state index in [-0.39, 0.29) is 25.2 Å². The highest BCUT2D eigenvalue weighted by Gasteiger charge is 2.53. The Bertz CT molecular complexity index is 1560. The number of thioether (sulfide) groups is 1. The summed E-state index contributed by atoms with van der Waals surface area (Å²) in [6.07, 6.45) is -3.20. The summed E-state index contributed by atoms with van der Waals surface area (Å²) < 4.78 is 32.1. The first-order valence-corrected chi connectivity index (χ1v) is 15.4. The number of aryl methyl sites for hydroxylation is 1. The molecule has 1 unspecified atom stereocenters. The summed E-state index contributed by atoms with van der Waals surface area (Å²) in [5, 5.41) is 2.12. The van der Waals surface area contributed by atoms with Gasteiger partial charge in [-0.1, -0.05) is 90.1 Å². The molecular weight excluding hydrogens is 564 g/mol. The number of Topliss-reactive ketones (excluding diaryl/α,β-unsaturated/α-hetero) is 1. The number of hydrogen-bond acceptors (Lipinski definition) is 8. The van der Waals surface area contributed by atoms with Gasteiger partial charge in [-0.05, 0) is 48.9 Å². The number of esters is 1. The van der Waals surface area contributed by atoms with Crippen molar-refractivity contribution in [2.24, 2.45) is 0 Å². The molecule has 2 aliphatic rings. The quantitative estimate of drug-likeness (QED) is 0.195. The molecule has 0 radical (unpaired) electrons. The SMILES string of the molecule is CC(=O)CCC(=O)O[C@@H]1[C@@H](Oc2ccc3ccccc3c2)[C@@H]2OC(c3ccccc3)OC[C@H]2O[C@H]1Sc1ccc(C)cc1. The fourth-order valence-corrected chi connectivity index (χ4v) is 6.42. The molecule has 7 nitrogen and oxygen atoms in total. The lowest BCUT2D eigenvalue weighted by Crippen LogP contribution is -2.63. The average Bonchev–Trinajstić information content (AvgIpc) is 3.03. The average molecular weight is 599 g/mol. The zero-order chi connectivity index (χ0) is 29.8. The Morgan fingerprint density at radius 3 is 2.35 bits per heavy atom. The second kappa shape index (κ2) is 13.3. The van der Waals surface area contributed by atoms with Crippen LogP contribution in [-0.2, 0) is 28.5 Å². The largest absolute Gasteiger partial charge is 0.484 e. The first kappa shape index (κ1) is 29.4.